The molecule has 13 heavy (non-hydrogen) atoms. The maximum absolute atomic E-state index is 8.27. The van der Waals surface area contributed by atoms with Crippen LogP contribution in [0.2, 0.25) is 0 Å². The van der Waals surface area contributed by atoms with Gasteiger partial charge < -0.3 is 21.0 Å². The van der Waals surface area contributed by atoms with Crippen LogP contribution in [-0.4, -0.2) is 37.3 Å². The Hall–Kier alpha value is -0.810. The van der Waals surface area contributed by atoms with Crippen molar-refractivity contribution in [2.24, 2.45) is 16.8 Å². The van der Waals surface area contributed by atoms with Crippen LogP contribution in [0.25, 0.3) is 0 Å². The Morgan fingerprint density at radius 2 is 2.23 bits per heavy atom. The number of hydrogen-bond acceptors (Lipinski definition) is 4. The van der Waals surface area contributed by atoms with Crippen molar-refractivity contribution < 1.29 is 9.94 Å². The van der Waals surface area contributed by atoms with Crippen LogP contribution in [0.3, 0.4) is 0 Å². The Balaban J connectivity index is 2.04. The molecular weight excluding hydrogens is 170 g/mol. The molecule has 0 atom stereocenters. The maximum Gasteiger partial charge on any atom is 0.153 e. The molecule has 0 amide bonds. The summed E-state index contributed by atoms with van der Waals surface area (Å²) in [6, 6.07) is 0. The lowest BCUT2D eigenvalue weighted by Gasteiger charge is -2.21. The van der Waals surface area contributed by atoms with Gasteiger partial charge in [-0.1, -0.05) is 5.16 Å². The zero-order valence-electron chi connectivity index (χ0n) is 7.70. The molecule has 1 saturated heterocycles. The van der Waals surface area contributed by atoms with Gasteiger partial charge in [0.25, 0.3) is 0 Å². The first-order valence-electron chi connectivity index (χ1n) is 4.58. The molecule has 1 fully saturated rings. The molecule has 4 N–H and O–H groups in total. The van der Waals surface area contributed by atoms with Crippen LogP contribution in [0.5, 0.6) is 0 Å². The van der Waals surface area contributed by atoms with Gasteiger partial charge in [0.05, 0.1) is 6.54 Å². The molecule has 0 aromatic carbocycles. The second-order valence-electron chi connectivity index (χ2n) is 3.28. The van der Waals surface area contributed by atoms with Gasteiger partial charge in [-0.15, -0.1) is 0 Å². The van der Waals surface area contributed by atoms with E-state index in [1.807, 2.05) is 0 Å². The largest absolute Gasteiger partial charge is 0.409 e. The van der Waals surface area contributed by atoms with Gasteiger partial charge in [-0.25, -0.2) is 0 Å². The number of nitrogens with two attached hydrogens (primary N) is 1. The number of rotatable bonds is 4. The molecule has 76 valence electrons. The van der Waals surface area contributed by atoms with Crippen molar-refractivity contribution in [2.75, 3.05) is 26.3 Å². The normalized spacial score (nSPS) is 20.5. The van der Waals surface area contributed by atoms with Gasteiger partial charge in [0, 0.05) is 13.2 Å². The zero-order valence-corrected chi connectivity index (χ0v) is 7.70. The number of amidine groups is 1. The Morgan fingerprint density at radius 1 is 1.54 bits per heavy atom. The summed E-state index contributed by atoms with van der Waals surface area (Å²) in [4.78, 5) is 0. The highest BCUT2D eigenvalue weighted by molar-refractivity contribution is 5.81. The lowest BCUT2D eigenvalue weighted by atomic mass is 10.0. The van der Waals surface area contributed by atoms with Gasteiger partial charge in [-0.3, -0.25) is 0 Å². The van der Waals surface area contributed by atoms with E-state index < -0.39 is 0 Å². The highest BCUT2D eigenvalue weighted by Gasteiger charge is 2.12. The first kappa shape index (κ1) is 10.3. The molecule has 5 nitrogen and oxygen atoms in total. The monoisotopic (exact) mass is 187 g/mol. The van der Waals surface area contributed by atoms with Crippen LogP contribution in [0, 0.1) is 5.92 Å². The first-order valence-corrected chi connectivity index (χ1v) is 4.58. The molecule has 5 heteroatoms. The van der Waals surface area contributed by atoms with E-state index in [-0.39, 0.29) is 5.84 Å². The molecule has 0 aromatic rings. The molecule has 1 aliphatic heterocycles. The van der Waals surface area contributed by atoms with Crippen LogP contribution in [0.15, 0.2) is 5.16 Å². The quantitative estimate of drug-likeness (QED) is 0.245. The van der Waals surface area contributed by atoms with Crippen molar-refractivity contribution in [3.8, 4) is 0 Å². The van der Waals surface area contributed by atoms with Crippen LogP contribution in [0.4, 0.5) is 0 Å². The maximum atomic E-state index is 8.27. The molecule has 0 bridgehead atoms. The van der Waals surface area contributed by atoms with Gasteiger partial charge in [0.2, 0.25) is 0 Å². The molecule has 0 aliphatic carbocycles. The van der Waals surface area contributed by atoms with Gasteiger partial charge in [-0.05, 0) is 25.3 Å². The first-order chi connectivity index (χ1) is 6.33. The number of oxime groups is 1. The fourth-order valence-electron chi connectivity index (χ4n) is 1.39. The average molecular weight is 187 g/mol. The summed E-state index contributed by atoms with van der Waals surface area (Å²) < 4.78 is 5.23. The molecule has 1 rings (SSSR count). The summed E-state index contributed by atoms with van der Waals surface area (Å²) in [5.41, 5.74) is 5.30. The minimum Gasteiger partial charge on any atom is -0.409 e. The molecule has 0 spiro atoms. The number of ether oxygens (including phenoxy) is 1. The molecule has 0 aromatic heterocycles. The van der Waals surface area contributed by atoms with Crippen molar-refractivity contribution in [3.63, 3.8) is 0 Å². The summed E-state index contributed by atoms with van der Waals surface area (Å²) in [5.74, 6) is 0.896. The SMILES string of the molecule is NC(CNCC1CCOCC1)=NO. The average Bonchev–Trinajstić information content (AvgIpc) is 2.19. The van der Waals surface area contributed by atoms with Gasteiger partial charge in [0.15, 0.2) is 5.84 Å². The van der Waals surface area contributed by atoms with E-state index in [0.29, 0.717) is 12.5 Å². The van der Waals surface area contributed by atoms with Crippen molar-refractivity contribution >= 4 is 5.84 Å². The van der Waals surface area contributed by atoms with Crippen LogP contribution in [0.1, 0.15) is 12.8 Å². The number of nitrogens with zero attached hydrogens (tertiary/aromatic N) is 1. The molecule has 0 unspecified atom stereocenters. The Kier molecular flexibility index (Phi) is 4.56. The Bertz CT molecular complexity index is 167. The lowest BCUT2D eigenvalue weighted by Crippen LogP contribution is -2.34. The summed E-state index contributed by atoms with van der Waals surface area (Å²) in [5, 5.41) is 14.3. The summed E-state index contributed by atoms with van der Waals surface area (Å²) in [6.45, 7) is 3.08. The molecular formula is C8H17N3O2. The summed E-state index contributed by atoms with van der Waals surface area (Å²) in [6.07, 6.45) is 2.20. The second kappa shape index (κ2) is 5.77. The fourth-order valence-corrected chi connectivity index (χ4v) is 1.39. The highest BCUT2D eigenvalue weighted by Crippen LogP contribution is 2.12. The topological polar surface area (TPSA) is 79.9 Å². The third-order valence-electron chi connectivity index (χ3n) is 2.21. The third-order valence-corrected chi connectivity index (χ3v) is 2.21. The summed E-state index contributed by atoms with van der Waals surface area (Å²) >= 11 is 0. The minimum atomic E-state index is 0.229. The van der Waals surface area contributed by atoms with Gasteiger partial charge in [0.1, 0.15) is 0 Å². The predicted molar refractivity (Wildman–Crippen MR) is 49.8 cm³/mol. The van der Waals surface area contributed by atoms with E-state index in [9.17, 15) is 0 Å². The van der Waals surface area contributed by atoms with Crippen molar-refractivity contribution in [2.45, 2.75) is 12.8 Å². The molecule has 1 heterocycles. The number of hydrogen-bond donors (Lipinski definition) is 3. The minimum absolute atomic E-state index is 0.229. The summed E-state index contributed by atoms with van der Waals surface area (Å²) in [7, 11) is 0. The number of nitrogens with one attached hydrogen (secondary N) is 1. The predicted octanol–water partition coefficient (Wildman–Crippen LogP) is -0.251. The smallest absolute Gasteiger partial charge is 0.153 e. The Labute approximate surface area is 77.9 Å². The molecule has 1 aliphatic rings. The second-order valence-corrected chi connectivity index (χ2v) is 3.28. The van der Waals surface area contributed by atoms with Crippen LogP contribution in [-0.2, 0) is 4.74 Å². The van der Waals surface area contributed by atoms with E-state index >= 15 is 0 Å². The molecule has 0 radical (unpaired) electrons. The fraction of sp³-hybridized carbons (Fsp3) is 0.875. The molecule has 0 saturated carbocycles. The van der Waals surface area contributed by atoms with Crippen molar-refractivity contribution in [3.05, 3.63) is 0 Å². The lowest BCUT2D eigenvalue weighted by molar-refractivity contribution is 0.0667. The standard InChI is InChI=1S/C8H17N3O2/c9-8(11-12)6-10-5-7-1-3-13-4-2-7/h7,10,12H,1-6H2,(H2,9,11). The van der Waals surface area contributed by atoms with E-state index in [0.717, 1.165) is 32.6 Å². The van der Waals surface area contributed by atoms with Crippen LogP contribution < -0.4 is 11.1 Å². The third kappa shape index (κ3) is 4.10. The van der Waals surface area contributed by atoms with E-state index in [2.05, 4.69) is 10.5 Å². The Morgan fingerprint density at radius 3 is 2.85 bits per heavy atom. The van der Waals surface area contributed by atoms with E-state index in [1.54, 1.807) is 0 Å². The van der Waals surface area contributed by atoms with E-state index in [4.69, 9.17) is 15.7 Å². The zero-order chi connectivity index (χ0) is 9.52. The highest BCUT2D eigenvalue weighted by atomic mass is 16.5. The van der Waals surface area contributed by atoms with E-state index in [1.165, 1.54) is 0 Å². The van der Waals surface area contributed by atoms with Crippen molar-refractivity contribution in [1.29, 1.82) is 0 Å². The van der Waals surface area contributed by atoms with Gasteiger partial charge >= 0.3 is 0 Å². The van der Waals surface area contributed by atoms with Gasteiger partial charge in [-0.2, -0.15) is 0 Å². The van der Waals surface area contributed by atoms with Crippen LogP contribution >= 0.6 is 0 Å². The van der Waals surface area contributed by atoms with Crippen molar-refractivity contribution in [1.82, 2.24) is 5.32 Å².